The standard InChI is InChI=1S/C18H38O13.C3H8O4.CH4O.6CH4.3Y/c1-12(21-5)14(13(2)22-6)28-18(27-11,30-16(4,24-8)25-9)31-17(20,26-10)29-15(3,19)23-7;1-6-3(4,5)7-2;1-2;;;;;;;;;/h12-14,19-20H,1-11H3;4-5H,1-2H3;2H,1H3;6*1H4;;;/t12-,13+,14?,15-,17-,18+;;;;;;;;;;;/m0.........../s1. The molecule has 21 heteroatoms. The van der Waals surface area contributed by atoms with Crippen LogP contribution in [0.15, 0.2) is 0 Å². The summed E-state index contributed by atoms with van der Waals surface area (Å²) in [5.74, 6) is -4.14. The van der Waals surface area contributed by atoms with Gasteiger partial charge < -0.3 is 68.2 Å². The molecule has 0 aromatic heterocycles. The van der Waals surface area contributed by atoms with Gasteiger partial charge in [0.2, 0.25) is 0 Å². The van der Waals surface area contributed by atoms with Gasteiger partial charge in [-0.05, 0) is 13.8 Å². The summed E-state index contributed by atoms with van der Waals surface area (Å²) in [5, 5.41) is 44.2. The number of rotatable bonds is 19. The Bertz CT molecular complexity index is 624. The Kier molecular flexibility index (Phi) is 71.8. The number of methoxy groups -OCH3 is 9. The van der Waals surface area contributed by atoms with Crippen molar-refractivity contribution in [2.45, 2.75) is 121 Å². The quantitative estimate of drug-likeness (QED) is 0.118. The van der Waals surface area contributed by atoms with Crippen LogP contribution in [-0.4, -0.2) is 145 Å². The minimum Gasteiger partial charge on any atom is -0.400 e. The largest absolute Gasteiger partial charge is 0.423 e. The van der Waals surface area contributed by atoms with Crippen molar-refractivity contribution < 1.29 is 185 Å². The third-order valence-electron chi connectivity index (χ3n) is 4.99. The zero-order valence-corrected chi connectivity index (χ0v) is 36.0. The SMILES string of the molecule is C.C.C.C.C.C.CO.COC(O)(O)OC.CO[C@@H](C)C(O[C@](OC)(OC(C)(OC)OC)O[C@@](O)(OC)O[C@@](C)(O)OC)[C@@H](C)OC.[Y].[Y].[Y]. The molecule has 18 nitrogen and oxygen atoms in total. The van der Waals surface area contributed by atoms with E-state index in [0.29, 0.717) is 0 Å². The second kappa shape index (κ2) is 41.7. The number of hydrogen-bond acceptors (Lipinski definition) is 18. The summed E-state index contributed by atoms with van der Waals surface area (Å²) in [5.41, 5.74) is 0. The van der Waals surface area contributed by atoms with Gasteiger partial charge in [-0.3, -0.25) is 4.74 Å². The van der Waals surface area contributed by atoms with E-state index in [1.807, 2.05) is 0 Å². The third kappa shape index (κ3) is 34.8. The van der Waals surface area contributed by atoms with E-state index in [-0.39, 0.29) is 143 Å². The van der Waals surface area contributed by atoms with Crippen molar-refractivity contribution in [1.29, 1.82) is 0 Å². The molecule has 0 fully saturated rings. The first-order valence-corrected chi connectivity index (χ1v) is 11.4. The van der Waals surface area contributed by atoms with Crippen molar-refractivity contribution in [2.24, 2.45) is 0 Å². The van der Waals surface area contributed by atoms with Crippen LogP contribution in [-0.2, 0) is 160 Å². The fourth-order valence-electron chi connectivity index (χ4n) is 2.23. The average molecular weight is 966 g/mol. The predicted octanol–water partition coefficient (Wildman–Crippen LogP) is 2.57. The second-order valence-corrected chi connectivity index (χ2v) is 7.53. The van der Waals surface area contributed by atoms with Crippen LogP contribution in [0.5, 0.6) is 0 Å². The van der Waals surface area contributed by atoms with Crippen LogP contribution in [0.2, 0.25) is 0 Å². The van der Waals surface area contributed by atoms with E-state index in [1.54, 1.807) is 13.8 Å². The first kappa shape index (κ1) is 84.2. The van der Waals surface area contributed by atoms with E-state index in [0.717, 1.165) is 49.6 Å². The van der Waals surface area contributed by atoms with Gasteiger partial charge in [-0.2, -0.15) is 0 Å². The minimum absolute atomic E-state index is 0. The predicted molar refractivity (Wildman–Crippen MR) is 173 cm³/mol. The van der Waals surface area contributed by atoms with E-state index < -0.39 is 48.7 Å². The summed E-state index contributed by atoms with van der Waals surface area (Å²) in [6.45, 7) is 5.84. The van der Waals surface area contributed by atoms with Crippen molar-refractivity contribution in [1.82, 2.24) is 0 Å². The molecule has 0 saturated heterocycles. The maximum atomic E-state index is 10.7. The van der Waals surface area contributed by atoms with Crippen LogP contribution in [0, 0.1) is 0 Å². The molecule has 0 rings (SSSR count). The summed E-state index contributed by atoms with van der Waals surface area (Å²) < 4.78 is 65.9. The van der Waals surface area contributed by atoms with Gasteiger partial charge in [-0.15, -0.1) is 0 Å². The summed E-state index contributed by atoms with van der Waals surface area (Å²) >= 11 is 0. The van der Waals surface area contributed by atoms with Crippen LogP contribution < -0.4 is 0 Å². The molecular formula is C28H74O18Y3. The van der Waals surface area contributed by atoms with Gasteiger partial charge in [0.25, 0.3) is 11.9 Å². The molecule has 0 bridgehead atoms. The Morgan fingerprint density at radius 3 is 1.02 bits per heavy atom. The zero-order chi connectivity index (χ0) is 32.4. The van der Waals surface area contributed by atoms with Gasteiger partial charge in [-0.25, -0.2) is 14.2 Å². The van der Waals surface area contributed by atoms with Crippen molar-refractivity contribution >= 4 is 0 Å². The van der Waals surface area contributed by atoms with Gasteiger partial charge >= 0.3 is 18.5 Å². The molecule has 49 heavy (non-hydrogen) atoms. The normalized spacial score (nSPS) is 15.5. The Labute approximate surface area is 373 Å². The molecule has 0 spiro atoms. The van der Waals surface area contributed by atoms with E-state index in [9.17, 15) is 10.2 Å². The molecule has 0 aromatic rings. The van der Waals surface area contributed by atoms with Gasteiger partial charge in [0.05, 0.1) is 12.2 Å². The fraction of sp³-hybridized carbons (Fsp3) is 1.00. The number of aliphatic hydroxyl groups is 5. The monoisotopic (exact) mass is 965 g/mol. The molecule has 0 heterocycles. The summed E-state index contributed by atoms with van der Waals surface area (Å²) in [6.07, 6.45) is -10.1. The fourth-order valence-corrected chi connectivity index (χ4v) is 2.23. The maximum absolute atomic E-state index is 10.7. The van der Waals surface area contributed by atoms with Gasteiger partial charge in [0, 0.05) is 183 Å². The molecule has 5 N–H and O–H groups in total. The molecule has 0 aliphatic rings. The van der Waals surface area contributed by atoms with Crippen LogP contribution >= 0.6 is 0 Å². The maximum Gasteiger partial charge on any atom is 0.423 e. The topological polar surface area (TPSA) is 221 Å². The molecule has 1 unspecified atom stereocenters. The Hall–Kier alpha value is 2.59. The Balaban J connectivity index is -0.0000000677. The molecule has 303 valence electrons. The first-order chi connectivity index (χ1) is 18.4. The first-order valence-electron chi connectivity index (χ1n) is 11.4. The molecule has 0 aliphatic heterocycles. The van der Waals surface area contributed by atoms with E-state index in [2.05, 4.69) is 9.47 Å². The Morgan fingerprint density at radius 1 is 0.469 bits per heavy atom. The average Bonchev–Trinajstić information content (AvgIpc) is 2.95. The van der Waals surface area contributed by atoms with Crippen LogP contribution in [0.3, 0.4) is 0 Å². The smallest absolute Gasteiger partial charge is 0.400 e. The summed E-state index contributed by atoms with van der Waals surface area (Å²) in [7, 11) is 12.0. The van der Waals surface area contributed by atoms with Crippen LogP contribution in [0.4, 0.5) is 0 Å². The summed E-state index contributed by atoms with van der Waals surface area (Å²) in [6, 6.07) is 0. The molecule has 0 amide bonds. The van der Waals surface area contributed by atoms with Crippen molar-refractivity contribution in [3.8, 4) is 0 Å². The molecule has 0 aromatic carbocycles. The molecule has 3 radical (unpaired) electrons. The van der Waals surface area contributed by atoms with E-state index >= 15 is 0 Å². The van der Waals surface area contributed by atoms with E-state index in [4.69, 9.17) is 67.4 Å². The number of aliphatic hydroxyl groups excluding tert-OH is 1. The van der Waals surface area contributed by atoms with Crippen molar-refractivity contribution in [3.63, 3.8) is 0 Å². The van der Waals surface area contributed by atoms with Crippen molar-refractivity contribution in [2.75, 3.05) is 71.1 Å². The minimum atomic E-state index is -3.00. The van der Waals surface area contributed by atoms with Crippen LogP contribution in [0.1, 0.15) is 72.3 Å². The van der Waals surface area contributed by atoms with Gasteiger partial charge in [-0.1, -0.05) is 44.6 Å². The van der Waals surface area contributed by atoms with Crippen LogP contribution in [0.25, 0.3) is 0 Å². The van der Waals surface area contributed by atoms with Crippen molar-refractivity contribution in [3.05, 3.63) is 0 Å². The third-order valence-corrected chi connectivity index (χ3v) is 4.99. The molecule has 6 atom stereocenters. The Morgan fingerprint density at radius 2 is 0.816 bits per heavy atom. The second-order valence-electron chi connectivity index (χ2n) is 7.53. The number of ether oxygens (including phenoxy) is 13. The molecular weight excluding hydrogens is 891 g/mol. The zero-order valence-electron chi connectivity index (χ0n) is 27.5. The molecule has 0 aliphatic carbocycles. The van der Waals surface area contributed by atoms with E-state index in [1.165, 1.54) is 35.4 Å². The summed E-state index contributed by atoms with van der Waals surface area (Å²) in [4.78, 5) is 0. The number of hydrogen-bond donors (Lipinski definition) is 5. The van der Waals surface area contributed by atoms with Gasteiger partial charge in [0.15, 0.2) is 0 Å². The van der Waals surface area contributed by atoms with Gasteiger partial charge in [0.1, 0.15) is 6.10 Å². The molecule has 0 saturated carbocycles.